The summed E-state index contributed by atoms with van der Waals surface area (Å²) in [4.78, 5) is 0. The van der Waals surface area contributed by atoms with Gasteiger partial charge < -0.3 is 0 Å². The van der Waals surface area contributed by atoms with Crippen LogP contribution < -0.4 is 0 Å². The molecule has 54 heavy (non-hydrogen) atoms. The number of aryl methyl sites for hydroxylation is 1. The molecule has 0 saturated carbocycles. The highest BCUT2D eigenvalue weighted by Gasteiger charge is 2.40. The Kier molecular flexibility index (Phi) is 15.0. The zero-order chi connectivity index (χ0) is 38.0. The maximum absolute atomic E-state index is 3.58. The van der Waals surface area contributed by atoms with Gasteiger partial charge in [-0.25, -0.2) is 0 Å². The van der Waals surface area contributed by atoms with Crippen molar-refractivity contribution < 1.29 is 0 Å². The average Bonchev–Trinajstić information content (AvgIpc) is 3.51. The topological polar surface area (TPSA) is 0 Å². The van der Waals surface area contributed by atoms with Crippen LogP contribution in [0.15, 0.2) is 195 Å². The van der Waals surface area contributed by atoms with Crippen molar-refractivity contribution in [2.75, 3.05) is 0 Å². The molecular formula is C54H56. The summed E-state index contributed by atoms with van der Waals surface area (Å²) in [6, 6.07) is 45.5. The normalized spacial score (nSPS) is 14.1. The molecule has 2 aliphatic rings. The fourth-order valence-corrected chi connectivity index (χ4v) is 7.44. The summed E-state index contributed by atoms with van der Waals surface area (Å²) < 4.78 is 0. The Hall–Kier alpha value is -5.72. The van der Waals surface area contributed by atoms with Crippen molar-refractivity contribution >= 4 is 17.2 Å². The summed E-state index contributed by atoms with van der Waals surface area (Å²) in [7, 11) is 0. The van der Waals surface area contributed by atoms with Crippen LogP contribution in [-0.4, -0.2) is 0 Å². The Morgan fingerprint density at radius 3 is 1.98 bits per heavy atom. The van der Waals surface area contributed by atoms with Crippen molar-refractivity contribution in [3.63, 3.8) is 0 Å². The summed E-state index contributed by atoms with van der Waals surface area (Å²) >= 11 is 0. The van der Waals surface area contributed by atoms with E-state index in [4.69, 9.17) is 0 Å². The van der Waals surface area contributed by atoms with E-state index >= 15 is 0 Å². The molecule has 0 unspecified atom stereocenters. The fraction of sp³-hybridized carbons (Fsp3) is 0.185. The molecule has 5 aromatic rings. The highest BCUT2D eigenvalue weighted by Crippen LogP contribution is 2.53. The lowest BCUT2D eigenvalue weighted by atomic mass is 9.73. The number of allylic oxidation sites excluding steroid dienone is 12. The van der Waals surface area contributed by atoms with Gasteiger partial charge in [0.15, 0.2) is 0 Å². The number of hydrogen-bond acceptors (Lipinski definition) is 0. The summed E-state index contributed by atoms with van der Waals surface area (Å²) in [6.45, 7) is 12.6. The highest BCUT2D eigenvalue weighted by atomic mass is 14.4. The largest absolute Gasteiger partial charge is 0.0991 e. The smallest absolute Gasteiger partial charge is 0.0210 e. The van der Waals surface area contributed by atoms with Crippen molar-refractivity contribution in [2.45, 2.75) is 65.2 Å². The maximum Gasteiger partial charge on any atom is 0.0210 e. The third-order valence-corrected chi connectivity index (χ3v) is 10.4. The monoisotopic (exact) mass is 704 g/mol. The second-order valence-electron chi connectivity index (χ2n) is 13.8. The molecule has 5 aromatic carbocycles. The molecule has 272 valence electrons. The first-order valence-electron chi connectivity index (χ1n) is 19.6. The van der Waals surface area contributed by atoms with Gasteiger partial charge in [0.2, 0.25) is 0 Å². The molecule has 0 saturated heterocycles. The van der Waals surface area contributed by atoms with Crippen LogP contribution in [0.3, 0.4) is 0 Å². The lowest BCUT2D eigenvalue weighted by molar-refractivity contribution is 0.490. The first-order chi connectivity index (χ1) is 26.5. The molecule has 0 heterocycles. The molecule has 0 N–H and O–H groups in total. The molecule has 0 fully saturated rings. The van der Waals surface area contributed by atoms with Crippen LogP contribution >= 0.6 is 0 Å². The molecule has 0 atom stereocenters. The Bertz CT molecular complexity index is 2110. The first kappa shape index (κ1) is 39.5. The number of fused-ring (bicyclic) bond motifs is 3. The Morgan fingerprint density at radius 1 is 0.704 bits per heavy atom. The van der Waals surface area contributed by atoms with Gasteiger partial charge in [-0.2, -0.15) is 0 Å². The molecule has 0 spiro atoms. The van der Waals surface area contributed by atoms with Crippen LogP contribution in [0.2, 0.25) is 0 Å². The molecule has 7 rings (SSSR count). The third-order valence-electron chi connectivity index (χ3n) is 10.4. The minimum atomic E-state index is 0.148. The van der Waals surface area contributed by atoms with Gasteiger partial charge >= 0.3 is 0 Å². The van der Waals surface area contributed by atoms with Crippen molar-refractivity contribution in [2.24, 2.45) is 0 Å². The van der Waals surface area contributed by atoms with Crippen LogP contribution in [0.4, 0.5) is 0 Å². The predicted molar refractivity (Wildman–Crippen MR) is 239 cm³/mol. The summed E-state index contributed by atoms with van der Waals surface area (Å²) in [5, 5.41) is 0. The minimum Gasteiger partial charge on any atom is -0.0991 e. The second kappa shape index (κ2) is 20.5. The van der Waals surface area contributed by atoms with Gasteiger partial charge in [0.05, 0.1) is 0 Å². The van der Waals surface area contributed by atoms with Gasteiger partial charge in [0, 0.05) is 5.41 Å². The van der Waals surface area contributed by atoms with Crippen molar-refractivity contribution in [3.05, 3.63) is 234 Å². The number of benzene rings is 5. The lowest BCUT2D eigenvalue weighted by Gasteiger charge is -2.30. The minimum absolute atomic E-state index is 0.148. The lowest BCUT2D eigenvalue weighted by Crippen LogP contribution is -2.23. The van der Waals surface area contributed by atoms with E-state index in [0.29, 0.717) is 0 Å². The molecule has 0 heteroatoms. The maximum atomic E-state index is 3.58. The van der Waals surface area contributed by atoms with Crippen LogP contribution in [-0.2, 0) is 11.8 Å². The summed E-state index contributed by atoms with van der Waals surface area (Å²) in [5.74, 6) is 0. The molecule has 0 radical (unpaired) electrons. The highest BCUT2D eigenvalue weighted by molar-refractivity contribution is 5.82. The third kappa shape index (κ3) is 10.2. The number of rotatable bonds is 10. The summed E-state index contributed by atoms with van der Waals surface area (Å²) in [6.07, 6.45) is 28.8. The Morgan fingerprint density at radius 2 is 1.35 bits per heavy atom. The van der Waals surface area contributed by atoms with Crippen molar-refractivity contribution in [1.29, 1.82) is 0 Å². The van der Waals surface area contributed by atoms with E-state index in [1.807, 2.05) is 36.4 Å². The van der Waals surface area contributed by atoms with Crippen LogP contribution in [0.25, 0.3) is 28.3 Å². The van der Waals surface area contributed by atoms with E-state index < -0.39 is 0 Å². The zero-order valence-corrected chi connectivity index (χ0v) is 32.7. The quantitative estimate of drug-likeness (QED) is 0.127. The van der Waals surface area contributed by atoms with Gasteiger partial charge in [-0.15, -0.1) is 0 Å². The van der Waals surface area contributed by atoms with E-state index in [1.54, 1.807) is 6.08 Å². The van der Waals surface area contributed by atoms with Crippen LogP contribution in [0, 0.1) is 6.92 Å². The van der Waals surface area contributed by atoms with Crippen LogP contribution in [0.1, 0.15) is 85.4 Å². The van der Waals surface area contributed by atoms with E-state index in [0.717, 1.165) is 19.3 Å². The van der Waals surface area contributed by atoms with Crippen molar-refractivity contribution in [3.8, 4) is 11.1 Å². The molecular weight excluding hydrogens is 649 g/mol. The SMILES string of the molecule is C/C=C(\C=C/Cc1ccc2c(c1)C(CC)(CC)c1cc(C)ccc1-2)c1ccccc1.C1=CC(c2ccccc2)=CCC1.C=C/C=C\C=C/c1ccccc1. The molecule has 2 aliphatic carbocycles. The molecule has 0 bridgehead atoms. The summed E-state index contributed by atoms with van der Waals surface area (Å²) in [5.41, 5.74) is 15.3. The average molecular weight is 705 g/mol. The van der Waals surface area contributed by atoms with E-state index in [2.05, 4.69) is 186 Å². The van der Waals surface area contributed by atoms with E-state index in [9.17, 15) is 0 Å². The Balaban J connectivity index is 0.000000190. The Labute approximate surface area is 326 Å². The standard InChI is InChI=1S/C30H32.2C12H12/c1-5-24(25-13-9-8-10-14-25)15-11-12-23-17-19-27-26-18-16-22(4)20-28(26)30(6-2,7-3)29(27)21-23;1-3-7-11(8-4-1)12-9-5-2-6-10-12;1-2-3-4-6-9-12-10-7-5-8-11-12/h5,8-11,13-21H,6-7,12H2,1-4H3;1,3-5,7-10H,2,6H2;2-11H,1H2/b15-11-,24-5+;;4-3-,9-6-. The van der Waals surface area contributed by atoms with Gasteiger partial charge in [-0.3, -0.25) is 0 Å². The molecule has 0 nitrogen and oxygen atoms in total. The molecule has 0 aliphatic heterocycles. The molecule has 0 amide bonds. The van der Waals surface area contributed by atoms with Gasteiger partial charge in [-0.1, -0.05) is 220 Å². The predicted octanol–water partition coefficient (Wildman–Crippen LogP) is 15.1. The van der Waals surface area contributed by atoms with Gasteiger partial charge in [-0.05, 0) is 102 Å². The number of hydrogen-bond donors (Lipinski definition) is 0. The van der Waals surface area contributed by atoms with E-state index in [-0.39, 0.29) is 5.41 Å². The van der Waals surface area contributed by atoms with Crippen molar-refractivity contribution in [1.82, 2.24) is 0 Å². The first-order valence-corrected chi connectivity index (χ1v) is 19.6. The van der Waals surface area contributed by atoms with Gasteiger partial charge in [0.1, 0.15) is 0 Å². The fourth-order valence-electron chi connectivity index (χ4n) is 7.44. The zero-order valence-electron chi connectivity index (χ0n) is 32.7. The molecule has 0 aromatic heterocycles. The second-order valence-corrected chi connectivity index (χ2v) is 13.8. The van der Waals surface area contributed by atoms with Gasteiger partial charge in [0.25, 0.3) is 0 Å². The van der Waals surface area contributed by atoms with E-state index in [1.165, 1.54) is 74.1 Å². The van der Waals surface area contributed by atoms with Crippen LogP contribution in [0.5, 0.6) is 0 Å².